The molecular weight excluding hydrogens is 823 g/mol. The standard InChI is InChI=1S/C25H42N7O17P3S.4Li/c1-4-5-16(34)31-21-17-22(29-12-28-21)32(13-30-17)24-18(35)19(48-50(38,39)40)14(47-24)10-45-51(41,42)49-52(43,44)46-11-25(2,3)20(36)23(37)27-7-6-15(33)26-8-9-53;;;;/h12-14,18-20,24,35-36,53H,4-11H2,1-3H3,(H,26,33)(H,27,37)(H,41,42)(H,43,44)(H2,38,39,40)(H,28,29,31,34);;;;/q;4*+1/p-4/t14-,18-,19-,20?,24-;;;;/m1..../s1. The van der Waals surface area contributed by atoms with Crippen molar-refractivity contribution in [3.05, 3.63) is 12.7 Å². The summed E-state index contributed by atoms with van der Waals surface area (Å²) in [6.07, 6.45) is -6.99. The number of nitrogens with one attached hydrogen (secondary N) is 3. The van der Waals surface area contributed by atoms with Gasteiger partial charge in [0.25, 0.3) is 15.6 Å². The Bertz CT molecular complexity index is 1770. The number of amides is 3. The number of phosphoric ester groups is 3. The second-order valence-electron chi connectivity index (χ2n) is 12.0. The molecule has 1 aliphatic rings. The van der Waals surface area contributed by atoms with E-state index in [9.17, 15) is 57.9 Å². The second kappa shape index (κ2) is 25.8. The first-order valence-corrected chi connectivity index (χ1v) is 20.6. The summed E-state index contributed by atoms with van der Waals surface area (Å²) < 4.78 is 60.6. The summed E-state index contributed by atoms with van der Waals surface area (Å²) in [6.45, 7) is 2.02. The molecule has 2 aromatic heterocycles. The molecule has 3 heterocycles. The number of carbonyl (C=O) groups is 3. The summed E-state index contributed by atoms with van der Waals surface area (Å²) in [5.74, 6) is -1.42. The minimum absolute atomic E-state index is 0. The molecule has 3 amide bonds. The third kappa shape index (κ3) is 18.4. The average Bonchev–Trinajstić information content (AvgIpc) is 3.61. The number of phosphoric acid groups is 3. The number of nitrogens with zero attached hydrogens (tertiary/aromatic N) is 4. The average molecular weight is 861 g/mol. The van der Waals surface area contributed by atoms with Crippen LogP contribution >= 0.6 is 36.1 Å². The Balaban J connectivity index is 0. The molecule has 3 rings (SSSR count). The summed E-state index contributed by atoms with van der Waals surface area (Å²) in [4.78, 5) is 96.1. The van der Waals surface area contributed by atoms with Crippen LogP contribution in [0.2, 0.25) is 0 Å². The van der Waals surface area contributed by atoms with Gasteiger partial charge in [-0.1, -0.05) is 20.8 Å². The van der Waals surface area contributed by atoms with Crippen molar-refractivity contribution in [3.8, 4) is 0 Å². The van der Waals surface area contributed by atoms with Crippen molar-refractivity contribution in [2.24, 2.45) is 5.41 Å². The summed E-state index contributed by atoms with van der Waals surface area (Å²) in [7, 11) is -17.6. The zero-order chi connectivity index (χ0) is 39.8. The molecule has 0 bridgehead atoms. The first-order valence-electron chi connectivity index (χ1n) is 15.6. The van der Waals surface area contributed by atoms with Crippen LogP contribution in [-0.4, -0.2) is 104 Å². The van der Waals surface area contributed by atoms with Gasteiger partial charge in [0.15, 0.2) is 23.2 Å². The number of fused-ring (bicyclic) bond motifs is 1. The van der Waals surface area contributed by atoms with Gasteiger partial charge in [0, 0.05) is 37.1 Å². The van der Waals surface area contributed by atoms with Gasteiger partial charge in [-0.2, -0.15) is 12.6 Å². The van der Waals surface area contributed by atoms with E-state index < -0.39 is 90.5 Å². The topological polar surface area (TPSA) is 361 Å². The van der Waals surface area contributed by atoms with Crippen molar-refractivity contribution in [1.82, 2.24) is 30.2 Å². The van der Waals surface area contributed by atoms with E-state index in [4.69, 9.17) is 4.74 Å². The molecule has 1 saturated heterocycles. The van der Waals surface area contributed by atoms with Crippen molar-refractivity contribution < 1.29 is 156 Å². The van der Waals surface area contributed by atoms with E-state index in [2.05, 4.69) is 61.4 Å². The molecule has 57 heavy (non-hydrogen) atoms. The number of hydrogen-bond acceptors (Lipinski definition) is 21. The molecule has 1 fully saturated rings. The molecule has 0 radical (unpaired) electrons. The number of thiol groups is 1. The molecule has 7 atom stereocenters. The number of rotatable bonds is 21. The van der Waals surface area contributed by atoms with E-state index in [1.807, 2.05) is 0 Å². The van der Waals surface area contributed by atoms with Crippen LogP contribution in [0.15, 0.2) is 12.7 Å². The number of carbonyl (C=O) groups excluding carboxylic acids is 3. The monoisotopic (exact) mass is 861 g/mol. The first-order chi connectivity index (χ1) is 24.6. The molecule has 32 heteroatoms. The van der Waals surface area contributed by atoms with Gasteiger partial charge in [0.05, 0.1) is 27.4 Å². The van der Waals surface area contributed by atoms with Crippen LogP contribution in [0.25, 0.3) is 11.2 Å². The zero-order valence-corrected chi connectivity index (χ0v) is 35.9. The molecule has 5 N–H and O–H groups in total. The fourth-order valence-electron chi connectivity index (χ4n) is 4.61. The van der Waals surface area contributed by atoms with Crippen LogP contribution in [0.5, 0.6) is 0 Å². The minimum atomic E-state index is -5.92. The number of hydrogen-bond donors (Lipinski definition) is 6. The van der Waals surface area contributed by atoms with Crippen LogP contribution in [0, 0.1) is 5.41 Å². The van der Waals surface area contributed by atoms with Crippen molar-refractivity contribution in [2.75, 3.05) is 37.4 Å². The van der Waals surface area contributed by atoms with E-state index in [0.717, 1.165) is 17.2 Å². The molecule has 0 aliphatic carbocycles. The number of aliphatic hydroxyl groups is 2. The number of imidazole rings is 1. The van der Waals surface area contributed by atoms with Crippen LogP contribution in [0.1, 0.15) is 46.3 Å². The van der Waals surface area contributed by atoms with E-state index >= 15 is 0 Å². The maximum atomic E-state index is 12.5. The van der Waals surface area contributed by atoms with Crippen molar-refractivity contribution in [1.29, 1.82) is 0 Å². The van der Waals surface area contributed by atoms with Crippen molar-refractivity contribution in [2.45, 2.75) is 70.7 Å². The van der Waals surface area contributed by atoms with Crippen molar-refractivity contribution in [3.63, 3.8) is 0 Å². The molecular formula is C25H38Li4N7O17P3S. The Hall–Kier alpha value is -0.0504. The molecule has 3 unspecified atom stereocenters. The van der Waals surface area contributed by atoms with Gasteiger partial charge in [-0.25, -0.2) is 19.3 Å². The maximum Gasteiger partial charge on any atom is 1.00 e. The van der Waals surface area contributed by atoms with Crippen molar-refractivity contribution >= 4 is 70.8 Å². The summed E-state index contributed by atoms with van der Waals surface area (Å²) >= 11 is 3.94. The minimum Gasteiger partial charge on any atom is -0.790 e. The fraction of sp³-hybridized carbons (Fsp3) is 0.680. The summed E-state index contributed by atoms with van der Waals surface area (Å²) in [6, 6.07) is 0. The fourth-order valence-corrected chi connectivity index (χ4v) is 7.45. The number of aromatic nitrogens is 4. The van der Waals surface area contributed by atoms with Crippen LogP contribution in [0.3, 0.4) is 0 Å². The van der Waals surface area contributed by atoms with Gasteiger partial charge in [-0.3, -0.25) is 28.1 Å². The predicted molar refractivity (Wildman–Crippen MR) is 174 cm³/mol. The molecule has 24 nitrogen and oxygen atoms in total. The molecule has 2 aromatic rings. The molecule has 0 saturated carbocycles. The Morgan fingerprint density at radius 2 is 1.61 bits per heavy atom. The molecule has 0 spiro atoms. The molecule has 1 aliphatic heterocycles. The van der Waals surface area contributed by atoms with Gasteiger partial charge >= 0.3 is 75.4 Å². The van der Waals surface area contributed by atoms with Gasteiger partial charge in [0.1, 0.15) is 30.7 Å². The van der Waals surface area contributed by atoms with Gasteiger partial charge < -0.3 is 68.6 Å². The summed E-state index contributed by atoms with van der Waals surface area (Å²) in [5.41, 5.74) is -1.73. The Labute approximate surface area is 380 Å². The first kappa shape index (κ1) is 59.0. The Kier molecular flexibility index (Phi) is 26.7. The van der Waals surface area contributed by atoms with Gasteiger partial charge in [-0.15, -0.1) is 0 Å². The van der Waals surface area contributed by atoms with E-state index in [0.29, 0.717) is 18.7 Å². The Morgan fingerprint density at radius 1 is 0.982 bits per heavy atom. The molecule has 0 aromatic carbocycles. The quantitative estimate of drug-likeness (QED) is 0.0385. The van der Waals surface area contributed by atoms with E-state index in [-0.39, 0.29) is 112 Å². The molecule has 300 valence electrons. The number of anilines is 1. The second-order valence-corrected chi connectivity index (χ2v) is 16.5. The SMILES string of the molecule is CCCC(=O)Nc1ncnc2c1ncn2[C@@H]1O[C@H](COP(=O)([O-])OP(=O)([O-])OCC(C)(C)C(O)C(=O)NCCC(=O)NCCS)[C@@H](OP(=O)([O-])[O-])[C@H]1O.[Li+].[Li+].[Li+].[Li+]. The smallest absolute Gasteiger partial charge is 0.790 e. The van der Waals surface area contributed by atoms with E-state index in [1.54, 1.807) is 6.92 Å². The van der Waals surface area contributed by atoms with E-state index in [1.165, 1.54) is 13.8 Å². The third-order valence-corrected chi connectivity index (χ3v) is 10.4. The Morgan fingerprint density at radius 3 is 2.21 bits per heavy atom. The summed E-state index contributed by atoms with van der Waals surface area (Å²) in [5, 5.41) is 28.7. The predicted octanol–water partition coefficient (Wildman–Crippen LogP) is -15.0. The largest absolute Gasteiger partial charge is 1.00 e. The number of aliphatic hydroxyl groups excluding tert-OH is 2. The van der Waals surface area contributed by atoms with Crippen LogP contribution in [-0.2, 0) is 50.7 Å². The number of ether oxygens (including phenoxy) is 1. The van der Waals surface area contributed by atoms with Crippen LogP contribution in [0.4, 0.5) is 5.82 Å². The zero-order valence-electron chi connectivity index (χ0n) is 32.3. The van der Waals surface area contributed by atoms with Gasteiger partial charge in [0.2, 0.25) is 17.7 Å². The normalized spacial score (nSPS) is 20.6. The van der Waals surface area contributed by atoms with Crippen LogP contribution < -0.4 is 111 Å². The van der Waals surface area contributed by atoms with Gasteiger partial charge in [-0.05, 0) is 6.42 Å². The maximum absolute atomic E-state index is 12.5. The third-order valence-electron chi connectivity index (χ3n) is 7.19.